The molecule has 0 amide bonds. The molecule has 0 N–H and O–H groups in total. The molecule has 0 unspecified atom stereocenters. The van der Waals surface area contributed by atoms with E-state index >= 15 is 0 Å². The minimum Gasteiger partial charge on any atom is -0.291 e. The van der Waals surface area contributed by atoms with Gasteiger partial charge in [0.25, 0.3) is 0 Å². The number of hydrogen-bond donors (Lipinski definition) is 0. The van der Waals surface area contributed by atoms with Crippen LogP contribution in [0.2, 0.25) is 0 Å². The van der Waals surface area contributed by atoms with Crippen LogP contribution in [0.3, 0.4) is 0 Å². The average Bonchev–Trinajstić information content (AvgIpc) is 2.84. The summed E-state index contributed by atoms with van der Waals surface area (Å²) in [4.78, 5) is 4.61. The van der Waals surface area contributed by atoms with Crippen molar-refractivity contribution in [3.05, 3.63) is 59.4 Å². The number of aromatic nitrogens is 2. The third-order valence-corrected chi connectivity index (χ3v) is 3.52. The van der Waals surface area contributed by atoms with Crippen molar-refractivity contribution in [3.63, 3.8) is 0 Å². The fourth-order valence-electron chi connectivity index (χ4n) is 2.35. The van der Waals surface area contributed by atoms with E-state index in [0.29, 0.717) is 5.69 Å². The van der Waals surface area contributed by atoms with Crippen molar-refractivity contribution in [2.45, 2.75) is 20.3 Å². The van der Waals surface area contributed by atoms with Gasteiger partial charge in [0, 0.05) is 11.8 Å². The number of pyridine rings is 1. The lowest BCUT2D eigenvalue weighted by Crippen LogP contribution is -1.89. The number of rotatable bonds is 2. The molecule has 2 heterocycles. The average molecular weight is 261 g/mol. The van der Waals surface area contributed by atoms with Crippen molar-refractivity contribution in [3.8, 4) is 17.3 Å². The van der Waals surface area contributed by atoms with Crippen LogP contribution in [0, 0.1) is 18.3 Å². The Labute approximate surface area is 118 Å². The van der Waals surface area contributed by atoms with E-state index in [1.165, 1.54) is 5.56 Å². The Bertz CT molecular complexity index is 805. The molecular formula is C17H15N3. The van der Waals surface area contributed by atoms with E-state index in [-0.39, 0.29) is 0 Å². The van der Waals surface area contributed by atoms with Crippen LogP contribution in [0.4, 0.5) is 0 Å². The lowest BCUT2D eigenvalue weighted by Gasteiger charge is -2.00. The SMILES string of the molecule is CCc1ccc(-c2nc3cc(C)ccn3c2C#N)cc1. The molecule has 98 valence electrons. The van der Waals surface area contributed by atoms with Gasteiger partial charge in [-0.3, -0.25) is 4.40 Å². The molecule has 0 fully saturated rings. The van der Waals surface area contributed by atoms with Gasteiger partial charge in [0.05, 0.1) is 0 Å². The standard InChI is InChI=1S/C17H15N3/c1-3-13-4-6-14(7-5-13)17-15(11-18)20-9-8-12(2)10-16(20)19-17/h4-10H,3H2,1-2H3. The zero-order chi connectivity index (χ0) is 14.1. The number of benzene rings is 1. The van der Waals surface area contributed by atoms with Crippen molar-refractivity contribution in [1.29, 1.82) is 5.26 Å². The number of nitrogens with zero attached hydrogens (tertiary/aromatic N) is 3. The zero-order valence-electron chi connectivity index (χ0n) is 11.6. The van der Waals surface area contributed by atoms with Crippen molar-refractivity contribution >= 4 is 5.65 Å². The summed E-state index contributed by atoms with van der Waals surface area (Å²) in [6, 6.07) is 14.5. The Hall–Kier alpha value is -2.60. The third-order valence-electron chi connectivity index (χ3n) is 3.52. The molecule has 0 saturated carbocycles. The maximum absolute atomic E-state index is 9.43. The quantitative estimate of drug-likeness (QED) is 0.705. The van der Waals surface area contributed by atoms with Crippen molar-refractivity contribution in [2.24, 2.45) is 0 Å². The van der Waals surface area contributed by atoms with E-state index in [1.807, 2.05) is 41.8 Å². The topological polar surface area (TPSA) is 41.1 Å². The minimum atomic E-state index is 0.587. The second kappa shape index (κ2) is 4.82. The van der Waals surface area contributed by atoms with Gasteiger partial charge in [0.15, 0.2) is 5.69 Å². The molecule has 3 nitrogen and oxygen atoms in total. The first kappa shape index (κ1) is 12.4. The molecule has 0 radical (unpaired) electrons. The van der Waals surface area contributed by atoms with Crippen LogP contribution >= 0.6 is 0 Å². The molecule has 0 aliphatic carbocycles. The first-order chi connectivity index (χ1) is 9.72. The van der Waals surface area contributed by atoms with E-state index in [2.05, 4.69) is 30.1 Å². The maximum Gasteiger partial charge on any atom is 0.152 e. The van der Waals surface area contributed by atoms with Gasteiger partial charge in [-0.15, -0.1) is 0 Å². The smallest absolute Gasteiger partial charge is 0.152 e. The third kappa shape index (κ3) is 1.96. The van der Waals surface area contributed by atoms with Crippen LogP contribution in [-0.4, -0.2) is 9.38 Å². The summed E-state index contributed by atoms with van der Waals surface area (Å²) >= 11 is 0. The van der Waals surface area contributed by atoms with Crippen LogP contribution in [0.25, 0.3) is 16.9 Å². The number of hydrogen-bond acceptors (Lipinski definition) is 2. The van der Waals surface area contributed by atoms with Crippen molar-refractivity contribution < 1.29 is 0 Å². The fourth-order valence-corrected chi connectivity index (χ4v) is 2.35. The molecule has 0 aliphatic heterocycles. The zero-order valence-corrected chi connectivity index (χ0v) is 11.6. The van der Waals surface area contributed by atoms with Crippen LogP contribution in [0.15, 0.2) is 42.6 Å². The molecule has 0 aliphatic rings. The normalized spacial score (nSPS) is 10.7. The second-order valence-electron chi connectivity index (χ2n) is 4.90. The summed E-state index contributed by atoms with van der Waals surface area (Å²) in [6.07, 6.45) is 2.91. The Kier molecular flexibility index (Phi) is 3.00. The predicted molar refractivity (Wildman–Crippen MR) is 79.5 cm³/mol. The van der Waals surface area contributed by atoms with E-state index in [1.54, 1.807) is 0 Å². The van der Waals surface area contributed by atoms with Gasteiger partial charge in [0.1, 0.15) is 17.4 Å². The second-order valence-corrected chi connectivity index (χ2v) is 4.90. The summed E-state index contributed by atoms with van der Waals surface area (Å²) in [5.74, 6) is 0. The molecule has 3 rings (SSSR count). The highest BCUT2D eigenvalue weighted by molar-refractivity contribution is 5.70. The molecule has 0 atom stereocenters. The Balaban J connectivity index is 2.22. The van der Waals surface area contributed by atoms with E-state index in [4.69, 9.17) is 0 Å². The van der Waals surface area contributed by atoms with Gasteiger partial charge in [-0.25, -0.2) is 4.98 Å². The van der Waals surface area contributed by atoms with Gasteiger partial charge in [-0.1, -0.05) is 31.2 Å². The molecule has 0 bridgehead atoms. The maximum atomic E-state index is 9.43. The Morgan fingerprint density at radius 3 is 2.60 bits per heavy atom. The number of nitriles is 1. The van der Waals surface area contributed by atoms with E-state index in [0.717, 1.165) is 28.9 Å². The number of imidazole rings is 1. The lowest BCUT2D eigenvalue weighted by atomic mass is 10.1. The molecule has 1 aromatic carbocycles. The Morgan fingerprint density at radius 1 is 1.20 bits per heavy atom. The van der Waals surface area contributed by atoms with Crippen LogP contribution < -0.4 is 0 Å². The predicted octanol–water partition coefficient (Wildman–Crippen LogP) is 3.74. The minimum absolute atomic E-state index is 0.587. The molecule has 3 heteroatoms. The Morgan fingerprint density at radius 2 is 1.95 bits per heavy atom. The first-order valence-electron chi connectivity index (χ1n) is 6.71. The van der Waals surface area contributed by atoms with E-state index < -0.39 is 0 Å². The highest BCUT2D eigenvalue weighted by Gasteiger charge is 2.13. The van der Waals surface area contributed by atoms with Crippen LogP contribution in [-0.2, 0) is 6.42 Å². The lowest BCUT2D eigenvalue weighted by molar-refractivity contribution is 1.14. The summed E-state index contributed by atoms with van der Waals surface area (Å²) in [5.41, 5.74) is 5.56. The van der Waals surface area contributed by atoms with Gasteiger partial charge >= 0.3 is 0 Å². The summed E-state index contributed by atoms with van der Waals surface area (Å²) < 4.78 is 1.84. The van der Waals surface area contributed by atoms with Crippen molar-refractivity contribution in [1.82, 2.24) is 9.38 Å². The molecule has 20 heavy (non-hydrogen) atoms. The first-order valence-corrected chi connectivity index (χ1v) is 6.71. The van der Waals surface area contributed by atoms with Crippen LogP contribution in [0.5, 0.6) is 0 Å². The monoisotopic (exact) mass is 261 g/mol. The summed E-state index contributed by atoms with van der Waals surface area (Å²) in [6.45, 7) is 4.15. The van der Waals surface area contributed by atoms with Crippen molar-refractivity contribution in [2.75, 3.05) is 0 Å². The molecule has 0 saturated heterocycles. The van der Waals surface area contributed by atoms with Gasteiger partial charge in [-0.2, -0.15) is 5.26 Å². The van der Waals surface area contributed by atoms with Gasteiger partial charge < -0.3 is 0 Å². The van der Waals surface area contributed by atoms with Gasteiger partial charge in [0.2, 0.25) is 0 Å². The molecular weight excluding hydrogens is 246 g/mol. The fraction of sp³-hybridized carbons (Fsp3) is 0.176. The highest BCUT2D eigenvalue weighted by Crippen LogP contribution is 2.24. The number of fused-ring (bicyclic) bond motifs is 1. The molecule has 3 aromatic rings. The summed E-state index contributed by atoms with van der Waals surface area (Å²) in [7, 11) is 0. The summed E-state index contributed by atoms with van der Waals surface area (Å²) in [5, 5.41) is 9.43. The molecule has 0 spiro atoms. The number of aryl methyl sites for hydroxylation is 2. The molecule has 2 aromatic heterocycles. The van der Waals surface area contributed by atoms with E-state index in [9.17, 15) is 5.26 Å². The largest absolute Gasteiger partial charge is 0.291 e. The van der Waals surface area contributed by atoms with Crippen LogP contribution in [0.1, 0.15) is 23.7 Å². The highest BCUT2D eigenvalue weighted by atomic mass is 15.0. The van der Waals surface area contributed by atoms with Gasteiger partial charge in [-0.05, 0) is 36.6 Å².